The summed E-state index contributed by atoms with van der Waals surface area (Å²) in [5, 5.41) is 11.0. The molecule has 1 aromatic heterocycles. The highest BCUT2D eigenvalue weighted by atomic mass is 35.5. The van der Waals surface area contributed by atoms with Gasteiger partial charge < -0.3 is 19.0 Å². The van der Waals surface area contributed by atoms with E-state index >= 15 is 0 Å². The SMILES string of the molecule is COc1ccc(OC)c(/C(O)=C2/C(=O)C(=O)N(c3ccc(F)c(Cl)c3)C2c2ccco2)c1. The summed E-state index contributed by atoms with van der Waals surface area (Å²) in [6.07, 6.45) is 1.37. The number of halogens is 2. The lowest BCUT2D eigenvalue weighted by Gasteiger charge is -2.23. The van der Waals surface area contributed by atoms with Crippen LogP contribution in [0.4, 0.5) is 10.1 Å². The van der Waals surface area contributed by atoms with Crippen LogP contribution in [0.3, 0.4) is 0 Å². The molecule has 1 amide bonds. The molecule has 1 atom stereocenters. The van der Waals surface area contributed by atoms with Crippen LogP contribution in [0.15, 0.2) is 64.8 Å². The van der Waals surface area contributed by atoms with E-state index in [0.29, 0.717) is 5.75 Å². The number of carbonyl (C=O) groups excluding carboxylic acids is 2. The van der Waals surface area contributed by atoms with Crippen LogP contribution in [0.25, 0.3) is 5.76 Å². The zero-order valence-electron chi connectivity index (χ0n) is 17.0. The van der Waals surface area contributed by atoms with Crippen molar-refractivity contribution in [2.24, 2.45) is 0 Å². The van der Waals surface area contributed by atoms with Gasteiger partial charge in [0.25, 0.3) is 11.7 Å². The van der Waals surface area contributed by atoms with E-state index in [9.17, 15) is 19.1 Å². The van der Waals surface area contributed by atoms with Crippen molar-refractivity contribution in [1.82, 2.24) is 0 Å². The molecular weight excluding hydrogens is 441 g/mol. The van der Waals surface area contributed by atoms with Gasteiger partial charge >= 0.3 is 0 Å². The number of carbonyl (C=O) groups is 2. The molecule has 0 radical (unpaired) electrons. The molecule has 1 fully saturated rings. The third kappa shape index (κ3) is 3.48. The van der Waals surface area contributed by atoms with Crippen molar-refractivity contribution in [3.05, 3.63) is 82.5 Å². The molecular formula is C23H17ClFNO6. The number of nitrogens with zero attached hydrogens (tertiary/aromatic N) is 1. The largest absolute Gasteiger partial charge is 0.507 e. The number of amides is 1. The first kappa shape index (κ1) is 21.5. The van der Waals surface area contributed by atoms with E-state index in [4.69, 9.17) is 25.5 Å². The molecule has 0 spiro atoms. The van der Waals surface area contributed by atoms with E-state index in [-0.39, 0.29) is 33.4 Å². The Labute approximate surface area is 187 Å². The van der Waals surface area contributed by atoms with Crippen LogP contribution in [0.1, 0.15) is 17.4 Å². The topological polar surface area (TPSA) is 89.2 Å². The molecule has 0 saturated carbocycles. The van der Waals surface area contributed by atoms with Gasteiger partial charge in [-0.1, -0.05) is 11.6 Å². The quantitative estimate of drug-likeness (QED) is 0.339. The maximum Gasteiger partial charge on any atom is 0.300 e. The molecule has 9 heteroatoms. The highest BCUT2D eigenvalue weighted by Gasteiger charge is 2.48. The summed E-state index contributed by atoms with van der Waals surface area (Å²) in [5.41, 5.74) is 0.0899. The first-order valence-electron chi connectivity index (χ1n) is 9.39. The Morgan fingerprint density at radius 2 is 1.91 bits per heavy atom. The Morgan fingerprint density at radius 1 is 1.12 bits per heavy atom. The van der Waals surface area contributed by atoms with Gasteiger partial charge in [-0.05, 0) is 48.5 Å². The van der Waals surface area contributed by atoms with Crippen molar-refractivity contribution in [3.8, 4) is 11.5 Å². The zero-order chi connectivity index (χ0) is 23.0. The molecule has 7 nitrogen and oxygen atoms in total. The maximum atomic E-state index is 13.7. The zero-order valence-corrected chi connectivity index (χ0v) is 17.7. The van der Waals surface area contributed by atoms with Gasteiger partial charge in [0, 0.05) is 5.69 Å². The van der Waals surface area contributed by atoms with Gasteiger partial charge in [0.05, 0.1) is 36.6 Å². The van der Waals surface area contributed by atoms with Gasteiger partial charge in [-0.15, -0.1) is 0 Å². The number of aliphatic hydroxyl groups is 1. The number of ether oxygens (including phenoxy) is 2. The summed E-state index contributed by atoms with van der Waals surface area (Å²) < 4.78 is 29.7. The first-order valence-corrected chi connectivity index (χ1v) is 9.77. The number of hydrogen-bond donors (Lipinski definition) is 1. The minimum Gasteiger partial charge on any atom is -0.507 e. The molecule has 0 aliphatic carbocycles. The smallest absolute Gasteiger partial charge is 0.300 e. The van der Waals surface area contributed by atoms with E-state index in [0.717, 1.165) is 11.0 Å². The highest BCUT2D eigenvalue weighted by Crippen LogP contribution is 2.44. The molecule has 2 aromatic carbocycles. The summed E-state index contributed by atoms with van der Waals surface area (Å²) in [6, 6.07) is 10.3. The number of benzene rings is 2. The van der Waals surface area contributed by atoms with Crippen molar-refractivity contribution in [2.75, 3.05) is 19.1 Å². The van der Waals surface area contributed by atoms with Crippen LogP contribution in [-0.4, -0.2) is 31.0 Å². The molecule has 1 unspecified atom stereocenters. The number of aliphatic hydroxyl groups excluding tert-OH is 1. The molecule has 1 saturated heterocycles. The molecule has 2 heterocycles. The van der Waals surface area contributed by atoms with E-state index in [1.54, 1.807) is 24.3 Å². The maximum absolute atomic E-state index is 13.7. The van der Waals surface area contributed by atoms with E-state index in [1.807, 2.05) is 0 Å². The molecule has 3 aromatic rings. The molecule has 32 heavy (non-hydrogen) atoms. The fourth-order valence-corrected chi connectivity index (χ4v) is 3.77. The van der Waals surface area contributed by atoms with Crippen molar-refractivity contribution in [2.45, 2.75) is 6.04 Å². The Morgan fingerprint density at radius 3 is 2.53 bits per heavy atom. The van der Waals surface area contributed by atoms with Gasteiger partial charge in [0.2, 0.25) is 0 Å². The van der Waals surface area contributed by atoms with Crippen LogP contribution < -0.4 is 14.4 Å². The number of methoxy groups -OCH3 is 2. The van der Waals surface area contributed by atoms with Crippen molar-refractivity contribution < 1.29 is 33.0 Å². The number of furan rings is 1. The molecule has 1 aliphatic heterocycles. The number of Topliss-reactive ketones (excluding diaryl/α,β-unsaturated/α-hetero) is 1. The molecule has 4 rings (SSSR count). The lowest BCUT2D eigenvalue weighted by molar-refractivity contribution is -0.132. The highest BCUT2D eigenvalue weighted by molar-refractivity contribution is 6.51. The summed E-state index contributed by atoms with van der Waals surface area (Å²) in [7, 11) is 2.85. The second kappa shape index (κ2) is 8.39. The fraction of sp³-hybridized carbons (Fsp3) is 0.130. The second-order valence-electron chi connectivity index (χ2n) is 6.85. The first-order chi connectivity index (χ1) is 15.4. The van der Waals surface area contributed by atoms with E-state index < -0.39 is 29.3 Å². The monoisotopic (exact) mass is 457 g/mol. The second-order valence-corrected chi connectivity index (χ2v) is 7.26. The summed E-state index contributed by atoms with van der Waals surface area (Å²) in [5.74, 6) is -2.15. The third-order valence-electron chi connectivity index (χ3n) is 5.10. The Hall–Kier alpha value is -3.78. The lowest BCUT2D eigenvalue weighted by Crippen LogP contribution is -2.29. The van der Waals surface area contributed by atoms with Gasteiger partial charge in [-0.2, -0.15) is 0 Å². The van der Waals surface area contributed by atoms with E-state index in [1.165, 1.54) is 38.7 Å². The number of ketones is 1. The van der Waals surface area contributed by atoms with Gasteiger partial charge in [-0.3, -0.25) is 14.5 Å². The third-order valence-corrected chi connectivity index (χ3v) is 5.39. The average Bonchev–Trinajstić information content (AvgIpc) is 3.42. The lowest BCUT2D eigenvalue weighted by atomic mass is 9.98. The van der Waals surface area contributed by atoms with Gasteiger partial charge in [0.15, 0.2) is 0 Å². The molecule has 1 N–H and O–H groups in total. The number of hydrogen-bond acceptors (Lipinski definition) is 6. The predicted molar refractivity (Wildman–Crippen MR) is 114 cm³/mol. The average molecular weight is 458 g/mol. The van der Waals surface area contributed by atoms with Crippen LogP contribution in [-0.2, 0) is 9.59 Å². The molecule has 164 valence electrons. The summed E-state index contributed by atoms with van der Waals surface area (Å²) >= 11 is 5.90. The van der Waals surface area contributed by atoms with Crippen molar-refractivity contribution in [3.63, 3.8) is 0 Å². The Balaban J connectivity index is 1.96. The molecule has 1 aliphatic rings. The van der Waals surface area contributed by atoms with Gasteiger partial charge in [0.1, 0.15) is 34.9 Å². The van der Waals surface area contributed by atoms with Crippen LogP contribution in [0.5, 0.6) is 11.5 Å². The molecule has 0 bridgehead atoms. The minimum atomic E-state index is -1.12. The van der Waals surface area contributed by atoms with E-state index in [2.05, 4.69) is 0 Å². The standard InChI is InChI=1S/C23H17ClFNO6/c1-30-13-6-8-17(31-2)14(11-13)21(27)19-20(18-4-3-9-32-18)26(23(29)22(19)28)12-5-7-16(25)15(24)10-12/h3-11,20,27H,1-2H3/b21-19-. The Bertz CT molecular complexity index is 1240. The van der Waals surface area contributed by atoms with Crippen molar-refractivity contribution in [1.29, 1.82) is 0 Å². The van der Waals surface area contributed by atoms with Crippen molar-refractivity contribution >= 4 is 34.7 Å². The Kier molecular flexibility index (Phi) is 5.63. The van der Waals surface area contributed by atoms with Crippen LogP contribution in [0.2, 0.25) is 5.02 Å². The number of anilines is 1. The van der Waals surface area contributed by atoms with Crippen LogP contribution in [0, 0.1) is 5.82 Å². The van der Waals surface area contributed by atoms with Crippen LogP contribution >= 0.6 is 11.6 Å². The normalized spacial score (nSPS) is 17.6. The predicted octanol–water partition coefficient (Wildman–Crippen LogP) is 4.72. The summed E-state index contributed by atoms with van der Waals surface area (Å²) in [6.45, 7) is 0. The van der Waals surface area contributed by atoms with Gasteiger partial charge in [-0.25, -0.2) is 4.39 Å². The minimum absolute atomic E-state index is 0.151. The fourth-order valence-electron chi connectivity index (χ4n) is 3.59. The number of rotatable bonds is 5. The summed E-state index contributed by atoms with van der Waals surface area (Å²) in [4.78, 5) is 27.2.